The van der Waals surface area contributed by atoms with Crippen molar-refractivity contribution in [3.8, 4) is 11.8 Å². The van der Waals surface area contributed by atoms with Crippen molar-refractivity contribution in [2.75, 3.05) is 19.7 Å². The Bertz CT molecular complexity index is 791. The molecule has 0 saturated carbocycles. The Hall–Kier alpha value is -2.11. The molecule has 1 aromatic rings. The first-order valence-corrected chi connectivity index (χ1v) is 10.2. The van der Waals surface area contributed by atoms with E-state index in [-0.39, 0.29) is 47.2 Å². The van der Waals surface area contributed by atoms with E-state index in [0.717, 1.165) is 0 Å². The minimum atomic E-state index is -3.79. The van der Waals surface area contributed by atoms with Crippen LogP contribution >= 0.6 is 0 Å². The molecule has 1 N–H and O–H groups in total. The highest BCUT2D eigenvalue weighted by molar-refractivity contribution is 7.89. The minimum Gasteiger partial charge on any atom is -0.492 e. The molecule has 7 nitrogen and oxygen atoms in total. The fourth-order valence-corrected chi connectivity index (χ4v) is 4.58. The maximum atomic E-state index is 13.0. The highest BCUT2D eigenvalue weighted by atomic mass is 32.2. The summed E-state index contributed by atoms with van der Waals surface area (Å²) in [5, 5.41) is 12.0. The number of carbonyl (C=O) groups is 1. The van der Waals surface area contributed by atoms with E-state index in [4.69, 9.17) is 10.00 Å². The van der Waals surface area contributed by atoms with Crippen LogP contribution < -0.4 is 10.1 Å². The minimum absolute atomic E-state index is 0.00322. The lowest BCUT2D eigenvalue weighted by Crippen LogP contribution is -2.44. The number of piperidine rings is 1. The van der Waals surface area contributed by atoms with Crippen LogP contribution in [-0.4, -0.2) is 44.4 Å². The molecule has 2 rings (SSSR count). The zero-order valence-corrected chi connectivity index (χ0v) is 16.2. The Labute approximate surface area is 155 Å². The summed E-state index contributed by atoms with van der Waals surface area (Å²) in [4.78, 5) is 12.1. The Morgan fingerprint density at radius 3 is 2.58 bits per heavy atom. The Kier molecular flexibility index (Phi) is 6.62. The molecule has 1 amide bonds. The number of nitriles is 1. The average Bonchev–Trinajstić information content (AvgIpc) is 2.61. The molecule has 0 unspecified atom stereocenters. The molecular weight excluding hydrogens is 354 g/mol. The highest BCUT2D eigenvalue weighted by Gasteiger charge is 2.34. The molecule has 0 atom stereocenters. The van der Waals surface area contributed by atoms with Crippen LogP contribution in [0.2, 0.25) is 0 Å². The van der Waals surface area contributed by atoms with Gasteiger partial charge in [-0.15, -0.1) is 0 Å². The van der Waals surface area contributed by atoms with Gasteiger partial charge in [0.1, 0.15) is 10.6 Å². The van der Waals surface area contributed by atoms with Gasteiger partial charge in [-0.1, -0.05) is 0 Å². The lowest BCUT2D eigenvalue weighted by atomic mass is 9.97. The van der Waals surface area contributed by atoms with Crippen LogP contribution in [0.5, 0.6) is 5.75 Å². The lowest BCUT2D eigenvalue weighted by molar-refractivity contribution is -0.126. The van der Waals surface area contributed by atoms with E-state index in [0.29, 0.717) is 19.4 Å². The second-order valence-electron chi connectivity index (χ2n) is 6.55. The number of ether oxygens (including phenoxy) is 1. The molecule has 1 fully saturated rings. The average molecular weight is 379 g/mol. The molecule has 142 valence electrons. The highest BCUT2D eigenvalue weighted by Crippen LogP contribution is 2.30. The molecule has 0 radical (unpaired) electrons. The van der Waals surface area contributed by atoms with Gasteiger partial charge in [0.2, 0.25) is 15.9 Å². The molecule has 1 saturated heterocycles. The number of carbonyl (C=O) groups excluding carboxylic acids is 1. The van der Waals surface area contributed by atoms with Crippen molar-refractivity contribution in [3.63, 3.8) is 0 Å². The van der Waals surface area contributed by atoms with Crippen LogP contribution in [0.4, 0.5) is 0 Å². The molecular formula is C18H25N3O4S. The molecule has 0 aromatic heterocycles. The lowest BCUT2D eigenvalue weighted by Gasteiger charge is -2.31. The predicted octanol–water partition coefficient (Wildman–Crippen LogP) is 1.88. The third-order valence-corrected chi connectivity index (χ3v) is 6.17. The number of hydrogen-bond acceptors (Lipinski definition) is 5. The van der Waals surface area contributed by atoms with Gasteiger partial charge in [0.15, 0.2) is 0 Å². The number of sulfonamides is 1. The van der Waals surface area contributed by atoms with Gasteiger partial charge in [0.05, 0.1) is 18.2 Å². The van der Waals surface area contributed by atoms with Crippen LogP contribution in [0.15, 0.2) is 23.1 Å². The molecule has 1 aliphatic rings. The van der Waals surface area contributed by atoms with Crippen molar-refractivity contribution in [2.45, 2.75) is 44.6 Å². The number of amides is 1. The van der Waals surface area contributed by atoms with Crippen molar-refractivity contribution >= 4 is 15.9 Å². The Balaban J connectivity index is 2.19. The van der Waals surface area contributed by atoms with Gasteiger partial charge in [0, 0.05) is 25.0 Å². The van der Waals surface area contributed by atoms with Crippen molar-refractivity contribution < 1.29 is 17.9 Å². The second-order valence-corrected chi connectivity index (χ2v) is 8.45. The summed E-state index contributed by atoms with van der Waals surface area (Å²) in [6.07, 6.45) is 0.944. The standard InChI is InChI=1S/C18H25N3O4S/c1-4-25-16-6-5-14(12-19)11-17(16)26(23,24)21-9-7-15(8-10-21)18(22)20-13(2)3/h5-6,11,13,15H,4,7-10H2,1-3H3,(H,20,22). The molecule has 1 heterocycles. The van der Waals surface area contributed by atoms with Crippen molar-refractivity contribution in [2.24, 2.45) is 5.92 Å². The summed E-state index contributed by atoms with van der Waals surface area (Å²) >= 11 is 0. The molecule has 0 bridgehead atoms. The van der Waals surface area contributed by atoms with Gasteiger partial charge >= 0.3 is 0 Å². The molecule has 1 aromatic carbocycles. The normalized spacial score (nSPS) is 16.3. The molecule has 0 aliphatic carbocycles. The second kappa shape index (κ2) is 8.52. The summed E-state index contributed by atoms with van der Waals surface area (Å²) in [7, 11) is -3.79. The van der Waals surface area contributed by atoms with E-state index in [9.17, 15) is 13.2 Å². The smallest absolute Gasteiger partial charge is 0.246 e. The number of nitrogens with zero attached hydrogens (tertiary/aromatic N) is 2. The van der Waals surface area contributed by atoms with E-state index >= 15 is 0 Å². The van der Waals surface area contributed by atoms with Gasteiger partial charge in [-0.05, 0) is 51.8 Å². The van der Waals surface area contributed by atoms with Crippen LogP contribution in [0, 0.1) is 17.2 Å². The Morgan fingerprint density at radius 2 is 2.04 bits per heavy atom. The summed E-state index contributed by atoms with van der Waals surface area (Å²) in [5.74, 6) is 0.0327. The van der Waals surface area contributed by atoms with Gasteiger partial charge in [-0.25, -0.2) is 8.42 Å². The monoisotopic (exact) mass is 379 g/mol. The van der Waals surface area contributed by atoms with Gasteiger partial charge in [0.25, 0.3) is 0 Å². The third kappa shape index (κ3) is 4.54. The first kappa shape index (κ1) is 20.2. The van der Waals surface area contributed by atoms with Crippen molar-refractivity contribution in [3.05, 3.63) is 23.8 Å². The van der Waals surface area contributed by atoms with Gasteiger partial charge in [-0.3, -0.25) is 4.79 Å². The molecule has 8 heteroatoms. The maximum Gasteiger partial charge on any atom is 0.246 e. The molecule has 0 spiro atoms. The largest absolute Gasteiger partial charge is 0.492 e. The summed E-state index contributed by atoms with van der Waals surface area (Å²) in [6, 6.07) is 6.41. The topological polar surface area (TPSA) is 99.5 Å². The number of benzene rings is 1. The molecule has 1 aliphatic heterocycles. The third-order valence-electron chi connectivity index (χ3n) is 4.25. The fourth-order valence-electron chi connectivity index (χ4n) is 2.95. The zero-order chi connectivity index (χ0) is 19.3. The Morgan fingerprint density at radius 1 is 1.38 bits per heavy atom. The van der Waals surface area contributed by atoms with E-state index in [1.165, 1.54) is 22.5 Å². The van der Waals surface area contributed by atoms with E-state index in [1.807, 2.05) is 19.9 Å². The van der Waals surface area contributed by atoms with Crippen LogP contribution in [0.3, 0.4) is 0 Å². The van der Waals surface area contributed by atoms with Crippen molar-refractivity contribution in [1.82, 2.24) is 9.62 Å². The number of nitrogens with one attached hydrogen (secondary N) is 1. The maximum absolute atomic E-state index is 13.0. The van der Waals surface area contributed by atoms with E-state index < -0.39 is 10.0 Å². The van der Waals surface area contributed by atoms with E-state index in [1.54, 1.807) is 6.92 Å². The zero-order valence-electron chi connectivity index (χ0n) is 15.4. The number of hydrogen-bond donors (Lipinski definition) is 1. The summed E-state index contributed by atoms with van der Waals surface area (Å²) < 4.78 is 32.9. The van der Waals surface area contributed by atoms with E-state index in [2.05, 4.69) is 5.32 Å². The summed E-state index contributed by atoms with van der Waals surface area (Å²) in [5.41, 5.74) is 0.262. The van der Waals surface area contributed by atoms with Crippen LogP contribution in [0.25, 0.3) is 0 Å². The first-order chi connectivity index (χ1) is 12.3. The fraction of sp³-hybridized carbons (Fsp3) is 0.556. The van der Waals surface area contributed by atoms with Gasteiger partial charge < -0.3 is 10.1 Å². The quantitative estimate of drug-likeness (QED) is 0.813. The van der Waals surface area contributed by atoms with Crippen molar-refractivity contribution in [1.29, 1.82) is 5.26 Å². The first-order valence-electron chi connectivity index (χ1n) is 8.77. The predicted molar refractivity (Wildman–Crippen MR) is 97.1 cm³/mol. The number of rotatable bonds is 6. The SMILES string of the molecule is CCOc1ccc(C#N)cc1S(=O)(=O)N1CCC(C(=O)NC(C)C)CC1. The van der Waals surface area contributed by atoms with Gasteiger partial charge in [-0.2, -0.15) is 9.57 Å². The van der Waals surface area contributed by atoms with Crippen LogP contribution in [0.1, 0.15) is 39.2 Å². The summed E-state index contributed by atoms with van der Waals surface area (Å²) in [6.45, 7) is 6.42. The van der Waals surface area contributed by atoms with Crippen LogP contribution in [-0.2, 0) is 14.8 Å². The molecule has 26 heavy (non-hydrogen) atoms.